The first kappa shape index (κ1) is 13.8. The Bertz CT molecular complexity index is 643. The summed E-state index contributed by atoms with van der Waals surface area (Å²) < 4.78 is 25.8. The molecule has 6 nitrogen and oxygen atoms in total. The van der Waals surface area contributed by atoms with Crippen LogP contribution in [0.5, 0.6) is 0 Å². The summed E-state index contributed by atoms with van der Waals surface area (Å²) in [7, 11) is -3.70. The monoisotopic (exact) mass is 281 g/mol. The predicted molar refractivity (Wildman–Crippen MR) is 69.6 cm³/mol. The third-order valence-corrected chi connectivity index (χ3v) is 5.22. The molecular formula is C12H15N3O3S. The van der Waals surface area contributed by atoms with Crippen LogP contribution in [0.3, 0.4) is 0 Å². The highest BCUT2D eigenvalue weighted by atomic mass is 32.2. The van der Waals surface area contributed by atoms with Gasteiger partial charge in [0.2, 0.25) is 10.0 Å². The summed E-state index contributed by atoms with van der Waals surface area (Å²) in [5.41, 5.74) is 5.10. The highest BCUT2D eigenvalue weighted by Gasteiger charge is 2.46. The number of aliphatic hydroxyl groups is 1. The summed E-state index contributed by atoms with van der Waals surface area (Å²) in [6, 6.07) is 5.97. The van der Waals surface area contributed by atoms with E-state index in [0.717, 1.165) is 0 Å². The van der Waals surface area contributed by atoms with Gasteiger partial charge in [0, 0.05) is 13.1 Å². The van der Waals surface area contributed by atoms with Crippen LogP contribution in [0.25, 0.3) is 0 Å². The van der Waals surface area contributed by atoms with Gasteiger partial charge in [-0.3, -0.25) is 0 Å². The molecule has 1 heterocycles. The molecule has 1 saturated heterocycles. The SMILES string of the molecule is CCC1(O)CN(S(=O)(=O)c2ccc(C#N)cc2N)C1. The maximum absolute atomic E-state index is 12.3. The van der Waals surface area contributed by atoms with E-state index in [2.05, 4.69) is 0 Å². The molecule has 0 bridgehead atoms. The van der Waals surface area contributed by atoms with Crippen molar-refractivity contribution in [2.24, 2.45) is 0 Å². The summed E-state index contributed by atoms with van der Waals surface area (Å²) in [5, 5.41) is 18.6. The third-order valence-electron chi connectivity index (χ3n) is 3.36. The number of rotatable bonds is 3. The molecule has 3 N–H and O–H groups in total. The van der Waals surface area contributed by atoms with Gasteiger partial charge in [0.1, 0.15) is 4.90 Å². The van der Waals surface area contributed by atoms with Gasteiger partial charge in [-0.1, -0.05) is 6.92 Å². The molecule has 19 heavy (non-hydrogen) atoms. The number of benzene rings is 1. The quantitative estimate of drug-likeness (QED) is 0.774. The van der Waals surface area contributed by atoms with Crippen molar-refractivity contribution in [2.75, 3.05) is 18.8 Å². The molecule has 0 amide bonds. The van der Waals surface area contributed by atoms with Crippen molar-refractivity contribution >= 4 is 15.7 Å². The molecule has 1 aromatic rings. The Morgan fingerprint density at radius 3 is 2.63 bits per heavy atom. The van der Waals surface area contributed by atoms with Crippen molar-refractivity contribution in [2.45, 2.75) is 23.8 Å². The number of nitrogens with two attached hydrogens (primary N) is 1. The number of nitriles is 1. The number of hydrogen-bond acceptors (Lipinski definition) is 5. The molecule has 7 heteroatoms. The molecule has 0 atom stereocenters. The summed E-state index contributed by atoms with van der Waals surface area (Å²) in [6.07, 6.45) is 0.502. The molecule has 1 aliphatic heterocycles. The Morgan fingerprint density at radius 2 is 2.16 bits per heavy atom. The summed E-state index contributed by atoms with van der Waals surface area (Å²) in [5.74, 6) is 0. The molecule has 0 aromatic heterocycles. The smallest absolute Gasteiger partial charge is 0.245 e. The number of nitrogens with zero attached hydrogens (tertiary/aromatic N) is 2. The van der Waals surface area contributed by atoms with Gasteiger partial charge in [0.15, 0.2) is 0 Å². The maximum Gasteiger partial charge on any atom is 0.245 e. The highest BCUT2D eigenvalue weighted by molar-refractivity contribution is 7.89. The van der Waals surface area contributed by atoms with E-state index in [0.29, 0.717) is 12.0 Å². The molecule has 0 unspecified atom stereocenters. The van der Waals surface area contributed by atoms with E-state index >= 15 is 0 Å². The topological polar surface area (TPSA) is 107 Å². The van der Waals surface area contributed by atoms with E-state index in [-0.39, 0.29) is 23.7 Å². The molecule has 0 spiro atoms. The maximum atomic E-state index is 12.3. The Labute approximate surface area is 112 Å². The van der Waals surface area contributed by atoms with Crippen LogP contribution in [0.4, 0.5) is 5.69 Å². The molecule has 1 aliphatic rings. The first-order chi connectivity index (χ1) is 8.82. The Morgan fingerprint density at radius 1 is 1.53 bits per heavy atom. The fourth-order valence-corrected chi connectivity index (χ4v) is 3.69. The molecule has 0 radical (unpaired) electrons. The van der Waals surface area contributed by atoms with Crippen molar-refractivity contribution in [1.82, 2.24) is 4.31 Å². The minimum Gasteiger partial charge on any atom is -0.398 e. The second kappa shape index (κ2) is 4.49. The Hall–Kier alpha value is -1.62. The highest BCUT2D eigenvalue weighted by Crippen LogP contribution is 2.32. The van der Waals surface area contributed by atoms with Crippen LogP contribution in [0.1, 0.15) is 18.9 Å². The van der Waals surface area contributed by atoms with Gasteiger partial charge in [-0.15, -0.1) is 0 Å². The van der Waals surface area contributed by atoms with Crippen LogP contribution in [0, 0.1) is 11.3 Å². The van der Waals surface area contributed by atoms with Crippen LogP contribution in [-0.2, 0) is 10.0 Å². The molecule has 2 rings (SSSR count). The lowest BCUT2D eigenvalue weighted by atomic mass is 9.94. The lowest BCUT2D eigenvalue weighted by Gasteiger charge is -2.44. The lowest BCUT2D eigenvalue weighted by molar-refractivity contribution is -0.0613. The molecule has 0 saturated carbocycles. The first-order valence-electron chi connectivity index (χ1n) is 5.84. The Balaban J connectivity index is 2.30. The van der Waals surface area contributed by atoms with Gasteiger partial charge in [0.05, 0.1) is 22.9 Å². The summed E-state index contributed by atoms with van der Waals surface area (Å²) >= 11 is 0. The largest absolute Gasteiger partial charge is 0.398 e. The van der Waals surface area contributed by atoms with E-state index in [1.165, 1.54) is 22.5 Å². The van der Waals surface area contributed by atoms with Crippen molar-refractivity contribution < 1.29 is 13.5 Å². The molecule has 1 aromatic carbocycles. The van der Waals surface area contributed by atoms with Crippen LogP contribution in [0.2, 0.25) is 0 Å². The third kappa shape index (κ3) is 2.30. The van der Waals surface area contributed by atoms with Crippen molar-refractivity contribution in [1.29, 1.82) is 5.26 Å². The summed E-state index contributed by atoms with van der Waals surface area (Å²) in [6.45, 7) is 1.95. The van der Waals surface area contributed by atoms with Crippen molar-refractivity contribution in [3.63, 3.8) is 0 Å². The number of sulfonamides is 1. The van der Waals surface area contributed by atoms with Gasteiger partial charge in [-0.25, -0.2) is 8.42 Å². The van der Waals surface area contributed by atoms with Crippen molar-refractivity contribution in [3.8, 4) is 6.07 Å². The summed E-state index contributed by atoms with van der Waals surface area (Å²) in [4.78, 5) is -0.0235. The second-order valence-corrected chi connectivity index (χ2v) is 6.62. The van der Waals surface area contributed by atoms with Crippen LogP contribution >= 0.6 is 0 Å². The van der Waals surface area contributed by atoms with E-state index in [4.69, 9.17) is 11.0 Å². The standard InChI is InChI=1S/C12H15N3O3S/c1-2-12(16)7-15(8-12)19(17,18)11-4-3-9(6-13)5-10(11)14/h3-5,16H,2,7-8,14H2,1H3. The molecule has 1 fully saturated rings. The number of anilines is 1. The predicted octanol–water partition coefficient (Wildman–Crippen LogP) is 0.286. The zero-order valence-corrected chi connectivity index (χ0v) is 11.3. The van der Waals surface area contributed by atoms with Gasteiger partial charge in [-0.2, -0.15) is 9.57 Å². The molecular weight excluding hydrogens is 266 g/mol. The number of β-amino-alcohol motifs (C(OH)–C–C–N with tert-alkyl or cyclic N) is 1. The number of nitrogen functional groups attached to an aromatic ring is 1. The molecule has 0 aliphatic carbocycles. The van der Waals surface area contributed by atoms with E-state index in [1.807, 2.05) is 6.07 Å². The fraction of sp³-hybridized carbons (Fsp3) is 0.417. The number of hydrogen-bond donors (Lipinski definition) is 2. The normalized spacial score (nSPS) is 18.6. The fourth-order valence-electron chi connectivity index (χ4n) is 2.00. The van der Waals surface area contributed by atoms with Crippen LogP contribution in [-0.4, -0.2) is 36.5 Å². The van der Waals surface area contributed by atoms with Crippen LogP contribution in [0.15, 0.2) is 23.1 Å². The van der Waals surface area contributed by atoms with E-state index < -0.39 is 15.6 Å². The van der Waals surface area contributed by atoms with E-state index in [9.17, 15) is 13.5 Å². The van der Waals surface area contributed by atoms with Gasteiger partial charge in [0.25, 0.3) is 0 Å². The second-order valence-electron chi connectivity index (χ2n) is 4.72. The average molecular weight is 281 g/mol. The van der Waals surface area contributed by atoms with Crippen molar-refractivity contribution in [3.05, 3.63) is 23.8 Å². The van der Waals surface area contributed by atoms with E-state index in [1.54, 1.807) is 6.92 Å². The molecule has 102 valence electrons. The van der Waals surface area contributed by atoms with Gasteiger partial charge >= 0.3 is 0 Å². The zero-order chi connectivity index (χ0) is 14.3. The minimum atomic E-state index is -3.70. The first-order valence-corrected chi connectivity index (χ1v) is 7.28. The Kier molecular flexibility index (Phi) is 3.26. The zero-order valence-electron chi connectivity index (χ0n) is 10.5. The van der Waals surface area contributed by atoms with Gasteiger partial charge < -0.3 is 10.8 Å². The van der Waals surface area contributed by atoms with Gasteiger partial charge in [-0.05, 0) is 24.6 Å². The lowest BCUT2D eigenvalue weighted by Crippen LogP contribution is -2.62. The average Bonchev–Trinajstić information content (AvgIpc) is 2.34. The minimum absolute atomic E-state index is 0.0235. The van der Waals surface area contributed by atoms with Crippen LogP contribution < -0.4 is 5.73 Å².